The molecule has 1 unspecified atom stereocenters. The highest BCUT2D eigenvalue weighted by Gasteiger charge is 2.43. The minimum atomic E-state index is -5.00. The molecule has 5 aromatic rings. The molecule has 2 aromatic heterocycles. The number of unbranched alkanes of at least 4 members (excludes halogenated alkanes) is 4. The minimum Gasteiger partial charge on any atom is -0.490 e. The molecule has 0 aliphatic heterocycles. The van der Waals surface area contributed by atoms with E-state index in [1.165, 1.54) is 55.4 Å². The number of alkyl halides is 3. The van der Waals surface area contributed by atoms with Crippen LogP contribution in [0.25, 0.3) is 10.9 Å². The lowest BCUT2D eigenvalue weighted by Gasteiger charge is -2.18. The van der Waals surface area contributed by atoms with Crippen molar-refractivity contribution in [2.45, 2.75) is 63.8 Å². The molecule has 1 amide bonds. The number of anilines is 1. The Labute approximate surface area is 372 Å². The van der Waals surface area contributed by atoms with Gasteiger partial charge in [-0.1, -0.05) is 72.4 Å². The van der Waals surface area contributed by atoms with Crippen LogP contribution in [0.3, 0.4) is 0 Å². The summed E-state index contributed by atoms with van der Waals surface area (Å²) in [5, 5.41) is 17.0. The summed E-state index contributed by atoms with van der Waals surface area (Å²) in [5.41, 5.74) is 0.527. The lowest BCUT2D eigenvalue weighted by molar-refractivity contribution is -0.682. The van der Waals surface area contributed by atoms with E-state index in [4.69, 9.17) is 37.4 Å². The summed E-state index contributed by atoms with van der Waals surface area (Å²) < 4.78 is 77.9. The molecule has 0 radical (unpaired) electrons. The molecule has 5 rings (SSSR count). The van der Waals surface area contributed by atoms with Gasteiger partial charge in [0.15, 0.2) is 19.1 Å². The van der Waals surface area contributed by atoms with Crippen LogP contribution in [0.1, 0.15) is 77.4 Å². The van der Waals surface area contributed by atoms with Crippen LogP contribution in [-0.4, -0.2) is 71.5 Å². The Morgan fingerprint density at radius 2 is 1.60 bits per heavy atom. The van der Waals surface area contributed by atoms with Crippen LogP contribution in [0.4, 0.5) is 18.9 Å². The lowest BCUT2D eigenvalue weighted by Crippen LogP contribution is -2.44. The first-order chi connectivity index (χ1) is 29.7. The van der Waals surface area contributed by atoms with E-state index in [-0.39, 0.29) is 61.3 Å². The fraction of sp³-hybridized carbons (Fsp3) is 0.372. The van der Waals surface area contributed by atoms with Crippen LogP contribution in [0.2, 0.25) is 10.0 Å². The van der Waals surface area contributed by atoms with Gasteiger partial charge in [-0.3, -0.25) is 9.78 Å². The molecule has 0 fully saturated rings. The number of aliphatic hydroxyl groups excluding tert-OH is 1. The van der Waals surface area contributed by atoms with Crippen LogP contribution >= 0.6 is 31.0 Å². The number of phosphoric acid groups is 1. The summed E-state index contributed by atoms with van der Waals surface area (Å²) in [6, 6.07) is 19.3. The molecular formula is C43H51Cl2F3N4O10P+. The van der Waals surface area contributed by atoms with Gasteiger partial charge in [0, 0.05) is 38.2 Å². The van der Waals surface area contributed by atoms with E-state index in [1.807, 2.05) is 18.2 Å². The fourth-order valence-electron chi connectivity index (χ4n) is 6.71. The predicted molar refractivity (Wildman–Crippen MR) is 232 cm³/mol. The highest BCUT2D eigenvalue weighted by atomic mass is 35.5. The van der Waals surface area contributed by atoms with Crippen LogP contribution in [-0.2, 0) is 33.0 Å². The largest absolute Gasteiger partial charge is 0.490 e. The smallest absolute Gasteiger partial charge is 0.477 e. The number of carbonyl (C=O) groups excluding carboxylic acids is 1. The van der Waals surface area contributed by atoms with Crippen molar-refractivity contribution in [2.75, 3.05) is 45.5 Å². The molecule has 0 spiro atoms. The number of aliphatic hydroxyl groups is 1. The number of rotatable bonds is 24. The van der Waals surface area contributed by atoms with Gasteiger partial charge in [-0.2, -0.15) is 17.7 Å². The minimum absolute atomic E-state index is 0. The Balaban J connectivity index is 0.00000871. The number of ether oxygens (including phenoxy) is 3. The molecule has 0 aliphatic carbocycles. The van der Waals surface area contributed by atoms with Crippen molar-refractivity contribution in [2.24, 2.45) is 0 Å². The van der Waals surface area contributed by atoms with Gasteiger partial charge in [0.2, 0.25) is 0 Å². The summed E-state index contributed by atoms with van der Waals surface area (Å²) in [4.78, 5) is 36.0. The molecule has 342 valence electrons. The summed E-state index contributed by atoms with van der Waals surface area (Å²) in [6.45, 7) is 0.695. The summed E-state index contributed by atoms with van der Waals surface area (Å²) in [6.07, 6.45) is 3.45. The Kier molecular flexibility index (Phi) is 20.0. The highest BCUT2D eigenvalue weighted by Crippen LogP contribution is 2.37. The van der Waals surface area contributed by atoms with Crippen molar-refractivity contribution in [3.8, 4) is 11.5 Å². The predicted octanol–water partition coefficient (Wildman–Crippen LogP) is 8.00. The molecule has 14 nitrogen and oxygen atoms in total. The van der Waals surface area contributed by atoms with Crippen LogP contribution < -0.4 is 24.7 Å². The average molecular weight is 943 g/mol. The zero-order chi connectivity index (χ0) is 44.7. The van der Waals surface area contributed by atoms with E-state index >= 15 is 0 Å². The van der Waals surface area contributed by atoms with E-state index in [9.17, 15) is 37.4 Å². The number of halogens is 5. The van der Waals surface area contributed by atoms with Gasteiger partial charge in [0.05, 0.1) is 45.5 Å². The number of phosphoric ester groups is 1. The number of hydrogen-bond acceptors (Lipinski definition) is 9. The normalized spacial score (nSPS) is 12.2. The molecule has 20 heteroatoms. The number of carbonyl (C=O) groups is 1. The molecule has 7 N–H and O–H groups in total. The van der Waals surface area contributed by atoms with Crippen molar-refractivity contribution in [3.05, 3.63) is 123 Å². The van der Waals surface area contributed by atoms with E-state index in [0.717, 1.165) is 68.3 Å². The van der Waals surface area contributed by atoms with E-state index in [2.05, 4.69) is 32.3 Å². The first-order valence-corrected chi connectivity index (χ1v) is 22.1. The van der Waals surface area contributed by atoms with Crippen molar-refractivity contribution in [1.82, 2.24) is 10.3 Å². The summed E-state index contributed by atoms with van der Waals surface area (Å²) >= 11 is 12.4. The van der Waals surface area contributed by atoms with Crippen molar-refractivity contribution in [3.63, 3.8) is 0 Å². The topological polar surface area (TPSA) is 204 Å². The molecule has 0 saturated carbocycles. The third-order valence-electron chi connectivity index (χ3n) is 9.81. The summed E-state index contributed by atoms with van der Waals surface area (Å²) in [5.74, 6) is -0.872. The lowest BCUT2D eigenvalue weighted by atomic mass is 10.0. The number of methoxy groups -OCH3 is 1. The number of aromatic nitrogens is 2. The molecule has 1 atom stereocenters. The van der Waals surface area contributed by atoms with Crippen molar-refractivity contribution < 1.29 is 66.2 Å². The maximum atomic E-state index is 14.7. The maximum Gasteiger partial charge on any atom is 0.477 e. The van der Waals surface area contributed by atoms with E-state index < -0.39 is 45.0 Å². The number of nitrogens with zero attached hydrogens (tertiary/aromatic N) is 2. The molecule has 3 aromatic carbocycles. The molecule has 2 heterocycles. The number of pyridine rings is 2. The standard InChI is InChI=1S/C43H48Cl2F3N4O9P.H2O/c1-58-37-18-16-33(42(54)51-40-34(44)24-50-25-35(40)45)32-17-19-39(43(46,47)48)52(41(32)37)27-31-15-14-30(23-38(31)60-28-61-62(55,56)57)36(53)26-49-20-8-2-3-9-21-59-22-10-7-13-29-11-5-4-6-12-29;/h4-6,11-12,14-19,23-25,36,49,53H,2-3,7-10,13,20-22,26-28H2,1H3,(H2-,50,51,54,55,56,57);1H2/p+1. The first kappa shape index (κ1) is 51.2. The molecule has 63 heavy (non-hydrogen) atoms. The van der Waals surface area contributed by atoms with Gasteiger partial charge < -0.3 is 45.2 Å². The number of benzene rings is 3. The molecular weight excluding hydrogens is 891 g/mol. The zero-order valence-corrected chi connectivity index (χ0v) is 36.8. The zero-order valence-electron chi connectivity index (χ0n) is 34.4. The van der Waals surface area contributed by atoms with Gasteiger partial charge in [0.25, 0.3) is 17.1 Å². The second kappa shape index (κ2) is 24.6. The highest BCUT2D eigenvalue weighted by molar-refractivity contribution is 7.46. The third kappa shape index (κ3) is 15.4. The number of fused-ring (bicyclic) bond motifs is 1. The summed E-state index contributed by atoms with van der Waals surface area (Å²) in [7, 11) is -3.74. The Bertz CT molecular complexity index is 2290. The van der Waals surface area contributed by atoms with Crippen molar-refractivity contribution >= 4 is 53.5 Å². The SMILES string of the molecule is COc1ccc(C(=O)Nc2c(Cl)cncc2Cl)c2ccc(C(F)(F)F)[n+](Cc3ccc(C(O)CNCCCCCCOCCCCc4ccccc4)cc3OCOP(=O)(O)O)c12.O. The second-order valence-corrected chi connectivity index (χ2v) is 16.3. The van der Waals surface area contributed by atoms with Gasteiger partial charge in [-0.15, -0.1) is 0 Å². The number of hydrogen-bond donors (Lipinski definition) is 5. The Morgan fingerprint density at radius 3 is 2.29 bits per heavy atom. The van der Waals surface area contributed by atoms with Crippen LogP contribution in [0.15, 0.2) is 85.2 Å². The molecule has 0 bridgehead atoms. The number of nitrogens with one attached hydrogen (secondary N) is 2. The van der Waals surface area contributed by atoms with Crippen LogP contribution in [0.5, 0.6) is 11.5 Å². The van der Waals surface area contributed by atoms with Crippen LogP contribution in [0, 0.1) is 0 Å². The van der Waals surface area contributed by atoms with Gasteiger partial charge in [-0.05, 0) is 80.1 Å². The Hall–Kier alpha value is -4.39. The van der Waals surface area contributed by atoms with Gasteiger partial charge in [0.1, 0.15) is 5.75 Å². The number of amides is 1. The molecule has 0 aliphatic rings. The van der Waals surface area contributed by atoms with Gasteiger partial charge in [-0.25, -0.2) is 9.09 Å². The monoisotopic (exact) mass is 941 g/mol. The average Bonchev–Trinajstić information content (AvgIpc) is 3.23. The number of aryl methyl sites for hydroxylation is 1. The molecule has 0 saturated heterocycles. The first-order valence-electron chi connectivity index (χ1n) is 19.8. The quantitative estimate of drug-likeness (QED) is 0.0174. The second-order valence-electron chi connectivity index (χ2n) is 14.3. The van der Waals surface area contributed by atoms with Crippen molar-refractivity contribution in [1.29, 1.82) is 0 Å². The third-order valence-corrected chi connectivity index (χ3v) is 10.8. The Morgan fingerprint density at radius 1 is 0.905 bits per heavy atom. The van der Waals surface area contributed by atoms with E-state index in [1.54, 1.807) is 0 Å². The fourth-order valence-corrected chi connectivity index (χ4v) is 7.36. The van der Waals surface area contributed by atoms with E-state index in [0.29, 0.717) is 18.7 Å². The van der Waals surface area contributed by atoms with Gasteiger partial charge >= 0.3 is 14.0 Å². The maximum absolute atomic E-state index is 14.7.